The van der Waals surface area contributed by atoms with Gasteiger partial charge >= 0.3 is 0 Å². The summed E-state index contributed by atoms with van der Waals surface area (Å²) >= 11 is 1.89. The molecule has 0 aromatic carbocycles. The van der Waals surface area contributed by atoms with Crippen LogP contribution in [0.25, 0.3) is 0 Å². The van der Waals surface area contributed by atoms with Crippen molar-refractivity contribution in [2.45, 2.75) is 32.4 Å². The van der Waals surface area contributed by atoms with E-state index in [0.717, 1.165) is 70.0 Å². The van der Waals surface area contributed by atoms with Gasteiger partial charge in [0.05, 0.1) is 13.2 Å². The molecule has 2 saturated heterocycles. The lowest BCUT2D eigenvalue weighted by Gasteiger charge is -2.32. The summed E-state index contributed by atoms with van der Waals surface area (Å²) in [5, 5.41) is 12.0. The van der Waals surface area contributed by atoms with Gasteiger partial charge in [-0.05, 0) is 31.8 Å². The number of nitrogens with one attached hydrogen (secondary N) is 1. The molecule has 2 fully saturated rings. The van der Waals surface area contributed by atoms with Crippen molar-refractivity contribution in [3.05, 3.63) is 11.6 Å². The lowest BCUT2D eigenvalue weighted by molar-refractivity contribution is 0.0195. The van der Waals surface area contributed by atoms with E-state index in [1.807, 2.05) is 30.3 Å². The highest BCUT2D eigenvalue weighted by atomic mass is 32.2. The number of thioether (sulfide) groups is 1. The Bertz CT molecular complexity index is 615. The van der Waals surface area contributed by atoms with Crippen LogP contribution in [-0.2, 0) is 18.3 Å². The minimum Gasteiger partial charge on any atom is -0.379 e. The third-order valence-corrected chi connectivity index (χ3v) is 6.08. The van der Waals surface area contributed by atoms with Gasteiger partial charge in [0.1, 0.15) is 12.4 Å². The molecule has 3 heterocycles. The first-order valence-electron chi connectivity index (χ1n) is 9.88. The second kappa shape index (κ2) is 10.3. The molecule has 1 aromatic rings. The number of nitrogens with zero attached hydrogens (tertiary/aromatic N) is 6. The Balaban J connectivity index is 1.62. The van der Waals surface area contributed by atoms with Crippen LogP contribution in [0.1, 0.15) is 24.5 Å². The molecule has 8 nitrogen and oxygen atoms in total. The fraction of sp³-hybridized carbons (Fsp3) is 0.833. The van der Waals surface area contributed by atoms with Crippen molar-refractivity contribution < 1.29 is 4.74 Å². The Labute approximate surface area is 166 Å². The lowest BCUT2D eigenvalue weighted by Crippen LogP contribution is -2.46. The van der Waals surface area contributed by atoms with Gasteiger partial charge in [0.15, 0.2) is 11.8 Å². The average Bonchev–Trinajstić information content (AvgIpc) is 3.30. The van der Waals surface area contributed by atoms with Gasteiger partial charge in [-0.1, -0.05) is 0 Å². The summed E-state index contributed by atoms with van der Waals surface area (Å²) in [4.78, 5) is 9.86. The molecule has 152 valence electrons. The molecule has 0 saturated carbocycles. The van der Waals surface area contributed by atoms with Gasteiger partial charge in [0.2, 0.25) is 0 Å². The highest BCUT2D eigenvalue weighted by Crippen LogP contribution is 2.17. The van der Waals surface area contributed by atoms with Gasteiger partial charge in [0, 0.05) is 45.8 Å². The van der Waals surface area contributed by atoms with E-state index in [9.17, 15) is 0 Å². The van der Waals surface area contributed by atoms with Gasteiger partial charge < -0.3 is 19.5 Å². The maximum absolute atomic E-state index is 5.50. The van der Waals surface area contributed by atoms with E-state index in [0.29, 0.717) is 12.6 Å². The number of hydrogen-bond acceptors (Lipinski definition) is 6. The van der Waals surface area contributed by atoms with Crippen molar-refractivity contribution in [1.29, 1.82) is 0 Å². The first kappa shape index (κ1) is 20.4. The molecule has 0 radical (unpaired) electrons. The molecule has 2 aliphatic rings. The largest absolute Gasteiger partial charge is 0.379 e. The second-order valence-electron chi connectivity index (χ2n) is 7.17. The minimum atomic E-state index is 0.556. The number of aryl methyl sites for hydroxylation is 1. The first-order chi connectivity index (χ1) is 13.2. The topological polar surface area (TPSA) is 70.8 Å². The van der Waals surface area contributed by atoms with Crippen LogP contribution in [0.15, 0.2) is 4.99 Å². The number of ether oxygens (including phenoxy) is 1. The number of likely N-dealkylation sites (tertiary alicyclic amines) is 1. The number of hydrogen-bond donors (Lipinski definition) is 1. The summed E-state index contributed by atoms with van der Waals surface area (Å²) in [6.45, 7) is 9.37. The zero-order chi connectivity index (χ0) is 19.1. The van der Waals surface area contributed by atoms with Gasteiger partial charge in [-0.15, -0.1) is 10.2 Å². The van der Waals surface area contributed by atoms with E-state index >= 15 is 0 Å². The number of aliphatic imine (C=N–C) groups is 1. The van der Waals surface area contributed by atoms with Crippen LogP contribution >= 0.6 is 11.8 Å². The molecular formula is C18H33N7OS. The van der Waals surface area contributed by atoms with Crippen molar-refractivity contribution in [1.82, 2.24) is 29.9 Å². The molecule has 0 bridgehead atoms. The molecule has 3 rings (SSSR count). The molecule has 0 amide bonds. The lowest BCUT2D eigenvalue weighted by atomic mass is 10.2. The number of rotatable bonds is 7. The van der Waals surface area contributed by atoms with E-state index in [1.54, 1.807) is 0 Å². The highest BCUT2D eigenvalue weighted by Gasteiger charge is 2.30. The molecule has 1 N–H and O–H groups in total. The van der Waals surface area contributed by atoms with Crippen LogP contribution in [0.5, 0.6) is 0 Å². The third kappa shape index (κ3) is 5.58. The van der Waals surface area contributed by atoms with Gasteiger partial charge in [-0.2, -0.15) is 11.8 Å². The normalized spacial score (nSPS) is 21.8. The van der Waals surface area contributed by atoms with Crippen LogP contribution in [0.4, 0.5) is 0 Å². The third-order valence-electron chi connectivity index (χ3n) is 5.39. The quantitative estimate of drug-likeness (QED) is 0.415. The molecule has 1 aromatic heterocycles. The minimum absolute atomic E-state index is 0.556. The molecule has 1 atom stereocenters. The van der Waals surface area contributed by atoms with E-state index in [1.165, 1.54) is 12.2 Å². The summed E-state index contributed by atoms with van der Waals surface area (Å²) in [5.74, 6) is 4.00. The van der Waals surface area contributed by atoms with Crippen molar-refractivity contribution >= 4 is 17.7 Å². The maximum Gasteiger partial charge on any atom is 0.194 e. The smallest absolute Gasteiger partial charge is 0.194 e. The Morgan fingerprint density at radius 3 is 2.81 bits per heavy atom. The molecule has 0 aliphatic carbocycles. The predicted octanol–water partition coefficient (Wildman–Crippen LogP) is 0.729. The SMILES string of the molecule is CSCCCNC(=NCc1nnc(C)n1C)N1CCC(N2CCOCC2)C1. The van der Waals surface area contributed by atoms with Gasteiger partial charge in [-0.25, -0.2) is 4.99 Å². The number of aromatic nitrogens is 3. The van der Waals surface area contributed by atoms with Gasteiger partial charge in [-0.3, -0.25) is 4.90 Å². The van der Waals surface area contributed by atoms with Crippen LogP contribution in [0.2, 0.25) is 0 Å². The Morgan fingerprint density at radius 2 is 2.11 bits per heavy atom. The fourth-order valence-electron chi connectivity index (χ4n) is 3.59. The average molecular weight is 396 g/mol. The monoisotopic (exact) mass is 395 g/mol. The van der Waals surface area contributed by atoms with Crippen LogP contribution in [0, 0.1) is 6.92 Å². The molecule has 9 heteroatoms. The van der Waals surface area contributed by atoms with Gasteiger partial charge in [0.25, 0.3) is 0 Å². The first-order valence-corrected chi connectivity index (χ1v) is 11.3. The van der Waals surface area contributed by atoms with Crippen molar-refractivity contribution in [2.24, 2.45) is 12.0 Å². The van der Waals surface area contributed by atoms with Crippen molar-refractivity contribution in [3.8, 4) is 0 Å². The standard InChI is InChI=1S/C18H33N7OS/c1-15-21-22-17(23(15)2)13-20-18(19-6-4-12-27-3)25-7-5-16(14-25)24-8-10-26-11-9-24/h16H,4-14H2,1-3H3,(H,19,20). The zero-order valence-corrected chi connectivity index (χ0v) is 17.7. The van der Waals surface area contributed by atoms with Crippen LogP contribution in [-0.4, -0.2) is 94.5 Å². The van der Waals surface area contributed by atoms with E-state index in [4.69, 9.17) is 9.73 Å². The molecule has 2 aliphatic heterocycles. The summed E-state index contributed by atoms with van der Waals surface area (Å²) in [6, 6.07) is 0.601. The highest BCUT2D eigenvalue weighted by molar-refractivity contribution is 7.98. The van der Waals surface area contributed by atoms with Crippen molar-refractivity contribution in [3.63, 3.8) is 0 Å². The molecule has 1 unspecified atom stereocenters. The van der Waals surface area contributed by atoms with E-state index in [2.05, 4.69) is 31.6 Å². The zero-order valence-electron chi connectivity index (χ0n) is 16.9. The molecule has 0 spiro atoms. The van der Waals surface area contributed by atoms with Crippen LogP contribution in [0.3, 0.4) is 0 Å². The predicted molar refractivity (Wildman–Crippen MR) is 110 cm³/mol. The summed E-state index contributed by atoms with van der Waals surface area (Å²) in [5.41, 5.74) is 0. The van der Waals surface area contributed by atoms with Crippen molar-refractivity contribution in [2.75, 3.05) is 57.9 Å². The number of morpholine rings is 1. The summed E-state index contributed by atoms with van der Waals surface area (Å²) < 4.78 is 7.51. The number of guanidine groups is 1. The molecular weight excluding hydrogens is 362 g/mol. The van der Waals surface area contributed by atoms with E-state index < -0.39 is 0 Å². The summed E-state index contributed by atoms with van der Waals surface area (Å²) in [7, 11) is 2.00. The maximum atomic E-state index is 5.50. The van der Waals surface area contributed by atoms with Crippen LogP contribution < -0.4 is 5.32 Å². The Morgan fingerprint density at radius 1 is 1.30 bits per heavy atom. The Hall–Kier alpha value is -1.32. The molecule has 27 heavy (non-hydrogen) atoms. The second-order valence-corrected chi connectivity index (χ2v) is 8.16. The fourth-order valence-corrected chi connectivity index (χ4v) is 4.03. The Kier molecular flexibility index (Phi) is 7.78. The summed E-state index contributed by atoms with van der Waals surface area (Å²) in [6.07, 6.45) is 4.48. The van der Waals surface area contributed by atoms with E-state index in [-0.39, 0.29) is 0 Å².